The molecule has 0 saturated heterocycles. The Bertz CT molecular complexity index is 957. The summed E-state index contributed by atoms with van der Waals surface area (Å²) < 4.78 is 10.6. The summed E-state index contributed by atoms with van der Waals surface area (Å²) in [5.41, 5.74) is 1.12. The Morgan fingerprint density at radius 3 is 2.61 bits per heavy atom. The third kappa shape index (κ3) is 4.81. The van der Waals surface area contributed by atoms with E-state index in [1.54, 1.807) is 37.3 Å². The number of likely N-dealkylation sites (N-methyl/N-ethyl adjacent to an activating group) is 1. The first-order valence-corrected chi connectivity index (χ1v) is 9.12. The van der Waals surface area contributed by atoms with Gasteiger partial charge in [-0.15, -0.1) is 0 Å². The number of nitrogens with one attached hydrogen (secondary N) is 1. The fourth-order valence-corrected chi connectivity index (χ4v) is 3.08. The lowest BCUT2D eigenvalue weighted by Crippen LogP contribution is -2.30. The van der Waals surface area contributed by atoms with Crippen molar-refractivity contribution in [2.45, 2.75) is 6.54 Å². The van der Waals surface area contributed by atoms with E-state index in [-0.39, 0.29) is 12.5 Å². The lowest BCUT2D eigenvalue weighted by Gasteiger charge is -2.15. The number of aromatic nitrogens is 2. The lowest BCUT2D eigenvalue weighted by atomic mass is 10.2. The Labute approximate surface area is 172 Å². The van der Waals surface area contributed by atoms with Crippen molar-refractivity contribution in [2.75, 3.05) is 26.0 Å². The van der Waals surface area contributed by atoms with Crippen LogP contribution in [0.25, 0.3) is 11.4 Å². The van der Waals surface area contributed by atoms with Crippen LogP contribution in [-0.4, -0.2) is 41.6 Å². The van der Waals surface area contributed by atoms with E-state index in [2.05, 4.69) is 15.5 Å². The van der Waals surface area contributed by atoms with E-state index in [1.807, 2.05) is 24.3 Å². The van der Waals surface area contributed by atoms with E-state index < -0.39 is 0 Å². The first-order valence-electron chi connectivity index (χ1n) is 8.36. The van der Waals surface area contributed by atoms with Crippen LogP contribution in [0.15, 0.2) is 47.0 Å². The van der Waals surface area contributed by atoms with Crippen molar-refractivity contribution in [3.63, 3.8) is 0 Å². The number of amides is 1. The smallest absolute Gasteiger partial charge is 0.241 e. The number of carbonyl (C=O) groups is 1. The lowest BCUT2D eigenvalue weighted by molar-refractivity contribution is -0.117. The summed E-state index contributed by atoms with van der Waals surface area (Å²) in [6, 6.07) is 12.4. The number of ether oxygens (including phenoxy) is 1. The van der Waals surface area contributed by atoms with Gasteiger partial charge < -0.3 is 14.6 Å². The molecular formula is C19H18Cl2N4O3. The molecule has 0 bridgehead atoms. The summed E-state index contributed by atoms with van der Waals surface area (Å²) in [5.74, 6) is 1.20. The number of rotatable bonds is 7. The van der Waals surface area contributed by atoms with Crippen molar-refractivity contribution in [1.29, 1.82) is 0 Å². The number of benzene rings is 2. The highest BCUT2D eigenvalue weighted by molar-refractivity contribution is 6.39. The molecule has 28 heavy (non-hydrogen) atoms. The second-order valence-corrected chi connectivity index (χ2v) is 6.84. The van der Waals surface area contributed by atoms with Gasteiger partial charge in [0.1, 0.15) is 5.75 Å². The third-order valence-electron chi connectivity index (χ3n) is 3.86. The average Bonchev–Trinajstić information content (AvgIpc) is 3.12. The second kappa shape index (κ2) is 9.05. The molecule has 0 unspecified atom stereocenters. The van der Waals surface area contributed by atoms with Crippen molar-refractivity contribution in [1.82, 2.24) is 15.0 Å². The number of nitrogens with zero attached hydrogens (tertiary/aromatic N) is 3. The van der Waals surface area contributed by atoms with Gasteiger partial charge in [0.2, 0.25) is 17.6 Å². The molecule has 1 heterocycles. The summed E-state index contributed by atoms with van der Waals surface area (Å²) in [5, 5.41) is 7.46. The quantitative estimate of drug-likeness (QED) is 0.618. The zero-order chi connectivity index (χ0) is 20.1. The number of hydrogen-bond acceptors (Lipinski definition) is 6. The average molecular weight is 421 g/mol. The molecule has 3 aromatic rings. The normalized spacial score (nSPS) is 10.9. The molecule has 0 aliphatic heterocycles. The molecule has 9 heteroatoms. The van der Waals surface area contributed by atoms with Gasteiger partial charge in [0, 0.05) is 0 Å². The van der Waals surface area contributed by atoms with E-state index in [4.69, 9.17) is 32.5 Å². The Hall–Kier alpha value is -2.61. The molecule has 0 atom stereocenters. The van der Waals surface area contributed by atoms with Gasteiger partial charge in [-0.1, -0.05) is 46.6 Å². The molecule has 2 aromatic carbocycles. The van der Waals surface area contributed by atoms with Crippen LogP contribution < -0.4 is 10.1 Å². The largest absolute Gasteiger partial charge is 0.496 e. The molecule has 0 fully saturated rings. The number of halogens is 2. The number of hydrogen-bond donors (Lipinski definition) is 1. The molecule has 1 N–H and O–H groups in total. The number of para-hydroxylation sites is 2. The Balaban J connectivity index is 1.62. The molecule has 1 amide bonds. The minimum atomic E-state index is -0.262. The van der Waals surface area contributed by atoms with Crippen molar-refractivity contribution in [3.8, 4) is 17.1 Å². The molecule has 0 aliphatic carbocycles. The first kappa shape index (κ1) is 20.1. The zero-order valence-electron chi connectivity index (χ0n) is 15.3. The second-order valence-electron chi connectivity index (χ2n) is 6.03. The maximum absolute atomic E-state index is 12.3. The zero-order valence-corrected chi connectivity index (χ0v) is 16.8. The van der Waals surface area contributed by atoms with Crippen LogP contribution in [0.4, 0.5) is 5.69 Å². The van der Waals surface area contributed by atoms with Crippen LogP contribution in [0.3, 0.4) is 0 Å². The van der Waals surface area contributed by atoms with Crippen LogP contribution in [0.2, 0.25) is 10.0 Å². The van der Waals surface area contributed by atoms with Crippen LogP contribution in [0, 0.1) is 0 Å². The van der Waals surface area contributed by atoms with Gasteiger partial charge in [-0.2, -0.15) is 4.98 Å². The summed E-state index contributed by atoms with van der Waals surface area (Å²) in [6.45, 7) is 0.389. The van der Waals surface area contributed by atoms with Gasteiger partial charge in [0.25, 0.3) is 0 Å². The summed E-state index contributed by atoms with van der Waals surface area (Å²) in [4.78, 5) is 18.4. The van der Waals surface area contributed by atoms with Crippen LogP contribution >= 0.6 is 23.2 Å². The third-order valence-corrected chi connectivity index (χ3v) is 4.49. The highest BCUT2D eigenvalue weighted by atomic mass is 35.5. The number of carbonyl (C=O) groups excluding carboxylic acids is 1. The number of anilines is 1. The molecule has 0 aliphatic rings. The minimum absolute atomic E-state index is 0.0912. The van der Waals surface area contributed by atoms with Crippen molar-refractivity contribution >= 4 is 34.8 Å². The maximum atomic E-state index is 12.3. The predicted octanol–water partition coefficient (Wildman–Crippen LogP) is 4.12. The Morgan fingerprint density at radius 2 is 1.89 bits per heavy atom. The Kier molecular flexibility index (Phi) is 6.51. The van der Waals surface area contributed by atoms with Crippen molar-refractivity contribution in [3.05, 3.63) is 58.4 Å². The molecule has 0 radical (unpaired) electrons. The van der Waals surface area contributed by atoms with Crippen LogP contribution in [0.1, 0.15) is 5.89 Å². The van der Waals surface area contributed by atoms with E-state index in [0.717, 1.165) is 5.56 Å². The highest BCUT2D eigenvalue weighted by Crippen LogP contribution is 2.30. The summed E-state index contributed by atoms with van der Waals surface area (Å²) in [6.07, 6.45) is 0. The summed E-state index contributed by atoms with van der Waals surface area (Å²) >= 11 is 12.1. The van der Waals surface area contributed by atoms with E-state index in [0.29, 0.717) is 39.7 Å². The fourth-order valence-electron chi connectivity index (χ4n) is 2.59. The SMILES string of the molecule is COc1ccccc1-c1noc(CN(C)CC(=O)Nc2c(Cl)cccc2Cl)n1. The first-order chi connectivity index (χ1) is 13.5. The van der Waals surface area contributed by atoms with Crippen LogP contribution in [-0.2, 0) is 11.3 Å². The molecule has 0 saturated carbocycles. The maximum Gasteiger partial charge on any atom is 0.241 e. The van der Waals surface area contributed by atoms with Crippen molar-refractivity contribution in [2.24, 2.45) is 0 Å². The van der Waals surface area contributed by atoms with E-state index in [9.17, 15) is 4.79 Å². The van der Waals surface area contributed by atoms with Crippen LogP contribution in [0.5, 0.6) is 5.75 Å². The molecule has 3 rings (SSSR count). The number of methoxy groups -OCH3 is 1. The summed E-state index contributed by atoms with van der Waals surface area (Å²) in [7, 11) is 3.35. The van der Waals surface area contributed by atoms with Gasteiger partial charge in [-0.3, -0.25) is 9.69 Å². The fraction of sp³-hybridized carbons (Fsp3) is 0.211. The topological polar surface area (TPSA) is 80.5 Å². The monoisotopic (exact) mass is 420 g/mol. The predicted molar refractivity (Wildman–Crippen MR) is 108 cm³/mol. The van der Waals surface area contributed by atoms with E-state index >= 15 is 0 Å². The van der Waals surface area contributed by atoms with E-state index in [1.165, 1.54) is 0 Å². The molecule has 0 spiro atoms. The standard InChI is InChI=1S/C19H18Cl2N4O3/c1-25(10-16(26)22-18-13(20)7-5-8-14(18)21)11-17-23-19(24-28-17)12-6-3-4-9-15(12)27-2/h3-9H,10-11H2,1-2H3,(H,22,26). The van der Waals surface area contributed by atoms with Gasteiger partial charge in [-0.25, -0.2) is 0 Å². The van der Waals surface area contributed by atoms with Gasteiger partial charge in [0.15, 0.2) is 0 Å². The Morgan fingerprint density at radius 1 is 1.18 bits per heavy atom. The van der Waals surface area contributed by atoms with Gasteiger partial charge in [-0.05, 0) is 31.3 Å². The molecule has 1 aromatic heterocycles. The molecular weight excluding hydrogens is 403 g/mol. The minimum Gasteiger partial charge on any atom is -0.496 e. The van der Waals surface area contributed by atoms with Gasteiger partial charge >= 0.3 is 0 Å². The molecule has 146 valence electrons. The highest BCUT2D eigenvalue weighted by Gasteiger charge is 2.16. The van der Waals surface area contributed by atoms with Gasteiger partial charge in [0.05, 0.1) is 41.5 Å². The molecule has 7 nitrogen and oxygen atoms in total. The van der Waals surface area contributed by atoms with Crippen molar-refractivity contribution < 1.29 is 14.1 Å².